The molecule has 0 aliphatic carbocycles. The van der Waals surface area contributed by atoms with Crippen LogP contribution in [-0.4, -0.2) is 33.9 Å². The third-order valence-electron chi connectivity index (χ3n) is 3.93. The first-order valence-corrected chi connectivity index (χ1v) is 9.01. The maximum Gasteiger partial charge on any atom is 0.471 e. The lowest BCUT2D eigenvalue weighted by atomic mass is 10.1. The van der Waals surface area contributed by atoms with E-state index in [9.17, 15) is 31.1 Å². The molecule has 0 saturated carbocycles. The maximum absolute atomic E-state index is 12.3. The number of aliphatic hydroxyl groups excluding tert-OH is 1. The third kappa shape index (κ3) is 7.14. The third-order valence-corrected chi connectivity index (χ3v) is 3.93. The van der Waals surface area contributed by atoms with Gasteiger partial charge >= 0.3 is 18.2 Å². The van der Waals surface area contributed by atoms with Crippen LogP contribution in [0.25, 0.3) is 11.4 Å². The largest absolute Gasteiger partial charge is 0.471 e. The molecule has 0 atom stereocenters. The highest BCUT2D eigenvalue weighted by atomic mass is 19.4. The highest BCUT2D eigenvalue weighted by Gasteiger charge is 2.38. The second-order valence-corrected chi connectivity index (χ2v) is 6.23. The van der Waals surface area contributed by atoms with Crippen LogP contribution in [0.2, 0.25) is 0 Å². The number of alkyl halides is 6. The number of nitrogens with zero attached hydrogens (tertiary/aromatic N) is 2. The van der Waals surface area contributed by atoms with Gasteiger partial charge in [0.1, 0.15) is 0 Å². The van der Waals surface area contributed by atoms with Crippen LogP contribution in [-0.2, 0) is 19.0 Å². The lowest BCUT2D eigenvalue weighted by Crippen LogP contribution is -2.24. The van der Waals surface area contributed by atoms with Crippen molar-refractivity contribution < 1.29 is 40.8 Å². The Kier molecular flexibility index (Phi) is 8.29. The summed E-state index contributed by atoms with van der Waals surface area (Å²) < 4.78 is 77.5. The number of hydrogen-bond acceptors (Lipinski definition) is 6. The predicted molar refractivity (Wildman–Crippen MR) is 103 cm³/mol. The van der Waals surface area contributed by atoms with Crippen LogP contribution in [0.4, 0.5) is 26.3 Å². The van der Waals surface area contributed by atoms with Gasteiger partial charge in [0.05, 0.1) is 18.7 Å². The SMILES string of the molecule is N=CCNC(=O)c1ccc(-c2noc(C(F)(F)F)n2)cc1.OCc1ccccc1C(F)(F)F. The molecule has 3 rings (SSSR count). The molecule has 1 heterocycles. The van der Waals surface area contributed by atoms with Gasteiger partial charge in [-0.3, -0.25) is 4.79 Å². The number of rotatable bonds is 5. The number of carbonyl (C=O) groups is 1. The van der Waals surface area contributed by atoms with E-state index in [1.165, 1.54) is 42.5 Å². The molecule has 176 valence electrons. The molecule has 7 nitrogen and oxygen atoms in total. The Morgan fingerprint density at radius 1 is 1.03 bits per heavy atom. The normalized spacial score (nSPS) is 11.4. The summed E-state index contributed by atoms with van der Waals surface area (Å²) in [6.45, 7) is -0.490. The molecular formula is C20H16F6N4O3. The number of aromatic nitrogens is 2. The van der Waals surface area contributed by atoms with Gasteiger partial charge in [0, 0.05) is 17.3 Å². The highest BCUT2D eigenvalue weighted by Crippen LogP contribution is 2.31. The molecular weight excluding hydrogens is 458 g/mol. The Morgan fingerprint density at radius 3 is 2.15 bits per heavy atom. The molecule has 0 aliphatic heterocycles. The number of aliphatic hydroxyl groups is 1. The van der Waals surface area contributed by atoms with Crippen molar-refractivity contribution in [2.75, 3.05) is 6.54 Å². The molecule has 0 unspecified atom stereocenters. The predicted octanol–water partition coefficient (Wildman–Crippen LogP) is 4.33. The minimum Gasteiger partial charge on any atom is -0.392 e. The zero-order valence-corrected chi connectivity index (χ0v) is 16.5. The van der Waals surface area contributed by atoms with E-state index in [2.05, 4.69) is 20.0 Å². The van der Waals surface area contributed by atoms with Crippen molar-refractivity contribution in [3.05, 3.63) is 71.1 Å². The summed E-state index contributed by atoms with van der Waals surface area (Å²) in [6.07, 6.45) is -8.04. The van der Waals surface area contributed by atoms with Gasteiger partial charge in [-0.15, -0.1) is 0 Å². The standard InChI is InChI=1S/C12H9F3N4O2.C8H7F3O/c13-12(14,15)11-18-9(19-21-11)7-1-3-8(4-2-7)10(20)17-6-5-16;9-8(10,11)7-4-2-1-3-6(7)5-12/h1-5,16H,6H2,(H,17,20);1-4,12H,5H2. The molecule has 0 aliphatic rings. The number of nitrogens with one attached hydrogen (secondary N) is 2. The zero-order valence-electron chi connectivity index (χ0n) is 16.5. The molecule has 13 heteroatoms. The molecule has 0 bridgehead atoms. The van der Waals surface area contributed by atoms with Gasteiger partial charge in [0.15, 0.2) is 0 Å². The molecule has 0 spiro atoms. The fourth-order valence-electron chi connectivity index (χ4n) is 2.41. The van der Waals surface area contributed by atoms with Gasteiger partial charge < -0.3 is 20.4 Å². The average molecular weight is 474 g/mol. The van der Waals surface area contributed by atoms with Crippen molar-refractivity contribution in [3.8, 4) is 11.4 Å². The van der Waals surface area contributed by atoms with Gasteiger partial charge in [-0.25, -0.2) is 0 Å². The Labute approximate surface area is 182 Å². The van der Waals surface area contributed by atoms with E-state index in [4.69, 9.17) is 10.5 Å². The Balaban J connectivity index is 0.000000273. The molecule has 33 heavy (non-hydrogen) atoms. The highest BCUT2D eigenvalue weighted by molar-refractivity contribution is 5.95. The van der Waals surface area contributed by atoms with Crippen LogP contribution in [0.3, 0.4) is 0 Å². The first-order valence-electron chi connectivity index (χ1n) is 9.01. The van der Waals surface area contributed by atoms with Crippen molar-refractivity contribution in [1.82, 2.24) is 15.5 Å². The smallest absolute Gasteiger partial charge is 0.392 e. The van der Waals surface area contributed by atoms with Crippen molar-refractivity contribution in [3.63, 3.8) is 0 Å². The van der Waals surface area contributed by atoms with Gasteiger partial charge in [0.25, 0.3) is 5.91 Å². The van der Waals surface area contributed by atoms with Crippen molar-refractivity contribution >= 4 is 12.1 Å². The van der Waals surface area contributed by atoms with Gasteiger partial charge in [-0.2, -0.15) is 31.3 Å². The monoisotopic (exact) mass is 474 g/mol. The van der Waals surface area contributed by atoms with E-state index in [0.717, 1.165) is 12.3 Å². The summed E-state index contributed by atoms with van der Waals surface area (Å²) in [5.41, 5.74) is -0.268. The molecule has 0 fully saturated rings. The number of amides is 1. The minimum atomic E-state index is -4.70. The Hall–Kier alpha value is -3.74. The number of benzene rings is 2. The molecule has 0 saturated heterocycles. The number of halogens is 6. The first-order chi connectivity index (χ1) is 15.5. The summed E-state index contributed by atoms with van der Waals surface area (Å²) in [4.78, 5) is 14.8. The fraction of sp³-hybridized carbons (Fsp3) is 0.200. The second-order valence-electron chi connectivity index (χ2n) is 6.23. The van der Waals surface area contributed by atoms with Crippen LogP contribution in [0.1, 0.15) is 27.4 Å². The van der Waals surface area contributed by atoms with Gasteiger partial charge in [-0.05, 0) is 23.8 Å². The fourth-order valence-corrected chi connectivity index (χ4v) is 2.41. The Morgan fingerprint density at radius 2 is 1.67 bits per heavy atom. The van der Waals surface area contributed by atoms with E-state index >= 15 is 0 Å². The van der Waals surface area contributed by atoms with Crippen molar-refractivity contribution in [2.24, 2.45) is 0 Å². The summed E-state index contributed by atoms with van der Waals surface area (Å²) in [5.74, 6) is -2.03. The van der Waals surface area contributed by atoms with Crippen LogP contribution < -0.4 is 5.32 Å². The summed E-state index contributed by atoms with van der Waals surface area (Å²) in [7, 11) is 0. The van der Waals surface area contributed by atoms with Crippen molar-refractivity contribution in [1.29, 1.82) is 5.41 Å². The molecule has 3 N–H and O–H groups in total. The summed E-state index contributed by atoms with van der Waals surface area (Å²) in [6, 6.07) is 10.6. The zero-order chi connectivity index (χ0) is 24.6. The topological polar surface area (TPSA) is 112 Å². The van der Waals surface area contributed by atoms with Gasteiger partial charge in [-0.1, -0.05) is 35.5 Å². The van der Waals surface area contributed by atoms with Gasteiger partial charge in [0.2, 0.25) is 5.82 Å². The molecule has 2 aromatic carbocycles. The van der Waals surface area contributed by atoms with E-state index in [-0.39, 0.29) is 23.5 Å². The van der Waals surface area contributed by atoms with E-state index in [0.29, 0.717) is 5.56 Å². The molecule has 1 amide bonds. The summed E-state index contributed by atoms with van der Waals surface area (Å²) in [5, 5.41) is 21.1. The van der Waals surface area contributed by atoms with Crippen LogP contribution in [0.15, 0.2) is 53.1 Å². The van der Waals surface area contributed by atoms with E-state index in [1.54, 1.807) is 0 Å². The lowest BCUT2D eigenvalue weighted by Gasteiger charge is -2.09. The number of hydrogen-bond donors (Lipinski definition) is 3. The minimum absolute atomic E-state index is 0.0926. The van der Waals surface area contributed by atoms with E-state index < -0.39 is 36.3 Å². The lowest BCUT2D eigenvalue weighted by molar-refractivity contribution is -0.159. The number of carbonyl (C=O) groups excluding carboxylic acids is 1. The molecule has 3 aromatic rings. The van der Waals surface area contributed by atoms with Crippen LogP contribution in [0, 0.1) is 5.41 Å². The van der Waals surface area contributed by atoms with E-state index in [1.807, 2.05) is 0 Å². The molecule has 0 radical (unpaired) electrons. The van der Waals surface area contributed by atoms with Crippen LogP contribution in [0.5, 0.6) is 0 Å². The Bertz CT molecular complexity index is 1080. The summed E-state index contributed by atoms with van der Waals surface area (Å²) >= 11 is 0. The first kappa shape index (κ1) is 25.5. The molecule has 1 aromatic heterocycles. The second kappa shape index (κ2) is 10.7. The quantitative estimate of drug-likeness (QED) is 0.377. The van der Waals surface area contributed by atoms with Crippen LogP contribution >= 0.6 is 0 Å². The van der Waals surface area contributed by atoms with Crippen molar-refractivity contribution in [2.45, 2.75) is 19.0 Å². The average Bonchev–Trinajstić information content (AvgIpc) is 3.28. The maximum atomic E-state index is 12.3.